The van der Waals surface area contributed by atoms with Crippen molar-refractivity contribution >= 4 is 23.2 Å². The van der Waals surface area contributed by atoms with E-state index in [0.717, 1.165) is 25.9 Å². The Kier molecular flexibility index (Phi) is 7.14. The topological polar surface area (TPSA) is 141 Å². The summed E-state index contributed by atoms with van der Waals surface area (Å²) in [5.41, 5.74) is 0.130. The van der Waals surface area contributed by atoms with Gasteiger partial charge in [-0.15, -0.1) is 10.2 Å². The Morgan fingerprint density at radius 2 is 2.10 bits per heavy atom. The van der Waals surface area contributed by atoms with Gasteiger partial charge in [0.25, 0.3) is 5.91 Å². The summed E-state index contributed by atoms with van der Waals surface area (Å²) in [5, 5.41) is 27.5. The lowest BCUT2D eigenvalue weighted by atomic mass is 9.99. The normalized spacial score (nSPS) is 16.3. The molecule has 0 spiro atoms. The van der Waals surface area contributed by atoms with Gasteiger partial charge >= 0.3 is 6.18 Å². The van der Waals surface area contributed by atoms with Gasteiger partial charge in [0, 0.05) is 12.6 Å². The lowest BCUT2D eigenvalue weighted by Crippen LogP contribution is -2.36. The second-order valence-corrected chi connectivity index (χ2v) is 6.91. The highest BCUT2D eigenvalue weighted by atomic mass is 19.4. The Morgan fingerprint density at radius 3 is 2.74 bits per heavy atom. The average molecular weight is 435 g/mol. The van der Waals surface area contributed by atoms with Gasteiger partial charge in [0.2, 0.25) is 0 Å². The van der Waals surface area contributed by atoms with E-state index in [-0.39, 0.29) is 28.7 Å². The molecule has 164 valence electrons. The van der Waals surface area contributed by atoms with E-state index in [4.69, 9.17) is 5.26 Å². The fraction of sp³-hybridized carbons (Fsp3) is 0.444. The standard InChI is InChI=1S/C18H20F3N9O/c19-18(20,21)10-27-17(31)16-13(25-7-11-2-1-3-23-6-11)4-14(29-30-16)28-15-9-24-12(5-22)8-26-15/h4,8-9,11,23H,1-3,6-7,10H2,(H,27,31)(H2,25,26,28,29). The second kappa shape index (κ2) is 9.98. The lowest BCUT2D eigenvalue weighted by Gasteiger charge is -2.23. The Balaban J connectivity index is 1.77. The van der Waals surface area contributed by atoms with Crippen molar-refractivity contribution in [1.82, 2.24) is 30.8 Å². The largest absolute Gasteiger partial charge is 0.405 e. The number of carbonyl (C=O) groups excluding carboxylic acids is 1. The summed E-state index contributed by atoms with van der Waals surface area (Å²) in [4.78, 5) is 20.2. The van der Waals surface area contributed by atoms with E-state index in [1.165, 1.54) is 18.5 Å². The molecular formula is C18H20F3N9O. The molecule has 10 nitrogen and oxygen atoms in total. The summed E-state index contributed by atoms with van der Waals surface area (Å²) >= 11 is 0. The van der Waals surface area contributed by atoms with E-state index in [0.29, 0.717) is 12.5 Å². The van der Waals surface area contributed by atoms with Gasteiger partial charge in [0.1, 0.15) is 18.4 Å². The highest BCUT2D eigenvalue weighted by molar-refractivity contribution is 5.97. The van der Waals surface area contributed by atoms with Crippen LogP contribution >= 0.6 is 0 Å². The maximum atomic E-state index is 12.5. The van der Waals surface area contributed by atoms with Gasteiger partial charge in [-0.3, -0.25) is 4.79 Å². The minimum Gasteiger partial charge on any atom is -0.383 e. The van der Waals surface area contributed by atoms with E-state index in [9.17, 15) is 18.0 Å². The molecule has 1 saturated heterocycles. The Hall–Kier alpha value is -3.53. The van der Waals surface area contributed by atoms with E-state index in [2.05, 4.69) is 36.1 Å². The molecular weight excluding hydrogens is 415 g/mol. The molecule has 2 aromatic rings. The predicted octanol–water partition coefficient (Wildman–Crippen LogP) is 1.59. The number of alkyl halides is 3. The molecule has 2 aromatic heterocycles. The summed E-state index contributed by atoms with van der Waals surface area (Å²) in [6.07, 6.45) is 0.0548. The number of carbonyl (C=O) groups is 1. The van der Waals surface area contributed by atoms with E-state index >= 15 is 0 Å². The van der Waals surface area contributed by atoms with E-state index in [1.807, 2.05) is 6.07 Å². The molecule has 1 amide bonds. The molecule has 13 heteroatoms. The summed E-state index contributed by atoms with van der Waals surface area (Å²) in [6.45, 7) is 0.778. The highest BCUT2D eigenvalue weighted by Gasteiger charge is 2.29. The smallest absolute Gasteiger partial charge is 0.383 e. The summed E-state index contributed by atoms with van der Waals surface area (Å²) < 4.78 is 37.4. The van der Waals surface area contributed by atoms with Crippen LogP contribution in [0.5, 0.6) is 0 Å². The van der Waals surface area contributed by atoms with Crippen molar-refractivity contribution in [3.63, 3.8) is 0 Å². The van der Waals surface area contributed by atoms with Crippen LogP contribution in [0.4, 0.5) is 30.5 Å². The molecule has 1 fully saturated rings. The third-order valence-corrected chi connectivity index (χ3v) is 4.46. The minimum atomic E-state index is -4.54. The number of nitriles is 1. The van der Waals surface area contributed by atoms with Crippen molar-refractivity contribution in [2.45, 2.75) is 19.0 Å². The molecule has 3 rings (SSSR count). The molecule has 1 aliphatic heterocycles. The zero-order valence-electron chi connectivity index (χ0n) is 16.3. The number of anilines is 3. The zero-order chi connectivity index (χ0) is 22.3. The minimum absolute atomic E-state index is 0.136. The number of amides is 1. The number of nitrogens with zero attached hydrogens (tertiary/aromatic N) is 5. The molecule has 0 radical (unpaired) electrons. The first-order valence-electron chi connectivity index (χ1n) is 9.50. The number of halogens is 3. The molecule has 4 N–H and O–H groups in total. The van der Waals surface area contributed by atoms with Crippen LogP contribution in [-0.2, 0) is 0 Å². The zero-order valence-corrected chi connectivity index (χ0v) is 16.3. The molecule has 1 unspecified atom stereocenters. The van der Waals surface area contributed by atoms with Crippen LogP contribution in [0.1, 0.15) is 29.0 Å². The number of piperidine rings is 1. The molecule has 1 aliphatic rings. The van der Waals surface area contributed by atoms with Crippen LogP contribution in [-0.4, -0.2) is 58.4 Å². The van der Waals surface area contributed by atoms with Crippen molar-refractivity contribution in [2.75, 3.05) is 36.8 Å². The summed E-state index contributed by atoms with van der Waals surface area (Å²) in [7, 11) is 0. The van der Waals surface area contributed by atoms with Crippen LogP contribution in [0.15, 0.2) is 18.5 Å². The number of hydrogen-bond acceptors (Lipinski definition) is 9. The van der Waals surface area contributed by atoms with Gasteiger partial charge in [-0.2, -0.15) is 18.4 Å². The number of aromatic nitrogens is 4. The molecule has 0 aliphatic carbocycles. The highest BCUT2D eigenvalue weighted by Crippen LogP contribution is 2.21. The Labute approximate surface area is 175 Å². The van der Waals surface area contributed by atoms with E-state index in [1.54, 1.807) is 5.32 Å². The Morgan fingerprint density at radius 1 is 1.26 bits per heavy atom. The number of rotatable bonds is 7. The Bertz CT molecular complexity index is 938. The SMILES string of the molecule is N#Cc1cnc(Nc2cc(NCC3CCCNC3)c(C(=O)NCC(F)(F)F)nn2)cn1. The van der Waals surface area contributed by atoms with Crippen molar-refractivity contribution in [1.29, 1.82) is 5.26 Å². The van der Waals surface area contributed by atoms with Crippen molar-refractivity contribution in [3.05, 3.63) is 29.8 Å². The maximum Gasteiger partial charge on any atom is 0.405 e. The van der Waals surface area contributed by atoms with Gasteiger partial charge < -0.3 is 21.3 Å². The van der Waals surface area contributed by atoms with Gasteiger partial charge in [-0.05, 0) is 31.8 Å². The average Bonchev–Trinajstić information content (AvgIpc) is 2.77. The monoisotopic (exact) mass is 435 g/mol. The van der Waals surface area contributed by atoms with Gasteiger partial charge in [0.05, 0.1) is 18.1 Å². The predicted molar refractivity (Wildman–Crippen MR) is 105 cm³/mol. The van der Waals surface area contributed by atoms with Gasteiger partial charge in [-0.25, -0.2) is 9.97 Å². The first kappa shape index (κ1) is 22.2. The summed E-state index contributed by atoms with van der Waals surface area (Å²) in [6, 6.07) is 3.31. The molecule has 0 bridgehead atoms. The van der Waals surface area contributed by atoms with Crippen LogP contribution < -0.4 is 21.3 Å². The fourth-order valence-electron chi connectivity index (χ4n) is 2.95. The van der Waals surface area contributed by atoms with Crippen LogP contribution in [0.2, 0.25) is 0 Å². The fourth-order valence-corrected chi connectivity index (χ4v) is 2.95. The molecule has 3 heterocycles. The lowest BCUT2D eigenvalue weighted by molar-refractivity contribution is -0.123. The number of nitrogens with one attached hydrogen (secondary N) is 4. The molecule has 31 heavy (non-hydrogen) atoms. The van der Waals surface area contributed by atoms with Crippen LogP contribution in [0.25, 0.3) is 0 Å². The van der Waals surface area contributed by atoms with Crippen molar-refractivity contribution in [2.24, 2.45) is 5.92 Å². The molecule has 1 atom stereocenters. The third-order valence-electron chi connectivity index (χ3n) is 4.46. The third kappa shape index (κ3) is 6.75. The quantitative estimate of drug-likeness (QED) is 0.510. The number of hydrogen-bond donors (Lipinski definition) is 4. The molecule has 0 saturated carbocycles. The summed E-state index contributed by atoms with van der Waals surface area (Å²) in [5.74, 6) is -0.201. The van der Waals surface area contributed by atoms with Crippen molar-refractivity contribution < 1.29 is 18.0 Å². The molecule has 0 aromatic carbocycles. The van der Waals surface area contributed by atoms with E-state index < -0.39 is 18.6 Å². The first-order chi connectivity index (χ1) is 14.8. The maximum absolute atomic E-state index is 12.5. The van der Waals surface area contributed by atoms with Crippen LogP contribution in [0.3, 0.4) is 0 Å². The van der Waals surface area contributed by atoms with Gasteiger partial charge in [0.15, 0.2) is 17.2 Å². The van der Waals surface area contributed by atoms with Crippen molar-refractivity contribution in [3.8, 4) is 6.07 Å². The van der Waals surface area contributed by atoms with Crippen LogP contribution in [0, 0.1) is 17.2 Å². The first-order valence-corrected chi connectivity index (χ1v) is 9.50. The van der Waals surface area contributed by atoms with Gasteiger partial charge in [-0.1, -0.05) is 0 Å². The second-order valence-electron chi connectivity index (χ2n) is 6.91.